The van der Waals surface area contributed by atoms with Crippen molar-refractivity contribution < 1.29 is 4.74 Å². The molecule has 7 heteroatoms. The molecule has 0 bridgehead atoms. The second-order valence-corrected chi connectivity index (χ2v) is 6.25. The second-order valence-electron chi connectivity index (χ2n) is 4.18. The maximum Gasteiger partial charge on any atom is 0.156 e. The topological polar surface area (TPSA) is 47.0 Å². The molecular formula is C13H12Br2ClN3O. The number of anilines is 2. The third-order valence-corrected chi connectivity index (χ3v) is 4.59. The lowest BCUT2D eigenvalue weighted by Gasteiger charge is -2.13. The van der Waals surface area contributed by atoms with Gasteiger partial charge in [-0.2, -0.15) is 0 Å². The standard InChI is InChI=1S/C13H12Br2ClN3O/c1-6-7(2)13(19-18-12(6)16)17-10-5-11(20-3)9(15)4-8(10)14/h4-5H,1-3H3,(H,17,19). The van der Waals surface area contributed by atoms with Crippen molar-refractivity contribution in [1.82, 2.24) is 10.2 Å². The Labute approximate surface area is 139 Å². The minimum atomic E-state index is 0.417. The average molecular weight is 422 g/mol. The van der Waals surface area contributed by atoms with Gasteiger partial charge in [0.2, 0.25) is 0 Å². The fraction of sp³-hybridized carbons (Fsp3) is 0.231. The van der Waals surface area contributed by atoms with E-state index in [0.717, 1.165) is 31.5 Å². The van der Waals surface area contributed by atoms with Crippen molar-refractivity contribution in [1.29, 1.82) is 0 Å². The Morgan fingerprint density at radius 1 is 1.10 bits per heavy atom. The van der Waals surface area contributed by atoms with Crippen LogP contribution in [-0.2, 0) is 0 Å². The van der Waals surface area contributed by atoms with Crippen LogP contribution in [0.4, 0.5) is 11.5 Å². The number of aromatic nitrogens is 2. The van der Waals surface area contributed by atoms with Crippen molar-refractivity contribution in [3.8, 4) is 5.75 Å². The number of halogens is 3. The number of benzene rings is 1. The van der Waals surface area contributed by atoms with Crippen LogP contribution in [0.15, 0.2) is 21.1 Å². The van der Waals surface area contributed by atoms with Gasteiger partial charge < -0.3 is 10.1 Å². The molecule has 0 spiro atoms. The first kappa shape index (κ1) is 15.5. The number of hydrogen-bond donors (Lipinski definition) is 1. The summed E-state index contributed by atoms with van der Waals surface area (Å²) in [5.74, 6) is 1.39. The van der Waals surface area contributed by atoms with Gasteiger partial charge in [0.25, 0.3) is 0 Å². The molecule has 1 N–H and O–H groups in total. The fourth-order valence-corrected chi connectivity index (χ4v) is 3.04. The summed E-state index contributed by atoms with van der Waals surface area (Å²) >= 11 is 12.9. The fourth-order valence-electron chi connectivity index (χ4n) is 1.60. The first-order chi connectivity index (χ1) is 9.43. The van der Waals surface area contributed by atoms with E-state index in [1.807, 2.05) is 26.0 Å². The van der Waals surface area contributed by atoms with E-state index in [1.54, 1.807) is 7.11 Å². The Bertz CT molecular complexity index is 665. The molecule has 106 valence electrons. The van der Waals surface area contributed by atoms with Crippen LogP contribution in [0.3, 0.4) is 0 Å². The minimum absolute atomic E-state index is 0.417. The molecule has 4 nitrogen and oxygen atoms in total. The number of rotatable bonds is 3. The Morgan fingerprint density at radius 2 is 1.80 bits per heavy atom. The monoisotopic (exact) mass is 419 g/mol. The average Bonchev–Trinajstić information content (AvgIpc) is 2.42. The van der Waals surface area contributed by atoms with Crippen molar-refractivity contribution in [3.63, 3.8) is 0 Å². The molecule has 0 amide bonds. The summed E-state index contributed by atoms with van der Waals surface area (Å²) in [6.45, 7) is 3.86. The molecule has 0 radical (unpaired) electrons. The van der Waals surface area contributed by atoms with Gasteiger partial charge in [-0.15, -0.1) is 10.2 Å². The highest BCUT2D eigenvalue weighted by Gasteiger charge is 2.12. The molecule has 0 saturated carbocycles. The third kappa shape index (κ3) is 3.07. The van der Waals surface area contributed by atoms with Gasteiger partial charge in [0.05, 0.1) is 17.3 Å². The van der Waals surface area contributed by atoms with Crippen LogP contribution in [0, 0.1) is 13.8 Å². The molecular weight excluding hydrogens is 409 g/mol. The van der Waals surface area contributed by atoms with E-state index >= 15 is 0 Å². The number of ether oxygens (including phenoxy) is 1. The molecule has 0 atom stereocenters. The van der Waals surface area contributed by atoms with Gasteiger partial charge in [0, 0.05) is 10.5 Å². The summed E-state index contributed by atoms with van der Waals surface area (Å²) in [5, 5.41) is 11.7. The SMILES string of the molecule is COc1cc(Nc2nnc(Cl)c(C)c2C)c(Br)cc1Br. The van der Waals surface area contributed by atoms with Gasteiger partial charge in [-0.05, 0) is 62.9 Å². The van der Waals surface area contributed by atoms with E-state index < -0.39 is 0 Å². The maximum atomic E-state index is 5.95. The van der Waals surface area contributed by atoms with E-state index in [-0.39, 0.29) is 0 Å². The van der Waals surface area contributed by atoms with Crippen molar-refractivity contribution in [2.75, 3.05) is 12.4 Å². The summed E-state index contributed by atoms with van der Waals surface area (Å²) < 4.78 is 7.04. The van der Waals surface area contributed by atoms with E-state index in [0.29, 0.717) is 11.0 Å². The smallest absolute Gasteiger partial charge is 0.156 e. The first-order valence-electron chi connectivity index (χ1n) is 5.73. The van der Waals surface area contributed by atoms with Gasteiger partial charge in [-0.1, -0.05) is 11.6 Å². The van der Waals surface area contributed by atoms with Gasteiger partial charge in [-0.25, -0.2) is 0 Å². The van der Waals surface area contributed by atoms with Gasteiger partial charge in [-0.3, -0.25) is 0 Å². The summed E-state index contributed by atoms with van der Waals surface area (Å²) in [6, 6.07) is 3.78. The van der Waals surface area contributed by atoms with Crippen molar-refractivity contribution >= 4 is 55.0 Å². The van der Waals surface area contributed by atoms with E-state index in [1.165, 1.54) is 0 Å². The molecule has 20 heavy (non-hydrogen) atoms. The van der Waals surface area contributed by atoms with Crippen LogP contribution in [0.1, 0.15) is 11.1 Å². The van der Waals surface area contributed by atoms with Crippen LogP contribution in [0.5, 0.6) is 5.75 Å². The number of nitrogens with one attached hydrogen (secondary N) is 1. The molecule has 2 aromatic rings. The molecule has 0 saturated heterocycles. The minimum Gasteiger partial charge on any atom is -0.495 e. The summed E-state index contributed by atoms with van der Waals surface area (Å²) in [4.78, 5) is 0. The number of hydrogen-bond acceptors (Lipinski definition) is 4. The van der Waals surface area contributed by atoms with E-state index in [4.69, 9.17) is 16.3 Å². The lowest BCUT2D eigenvalue weighted by atomic mass is 10.2. The Morgan fingerprint density at radius 3 is 2.45 bits per heavy atom. The molecule has 1 heterocycles. The Balaban J connectivity index is 2.42. The highest BCUT2D eigenvalue weighted by molar-refractivity contribution is 9.11. The maximum absolute atomic E-state index is 5.95. The van der Waals surface area contributed by atoms with Crippen LogP contribution < -0.4 is 10.1 Å². The molecule has 0 aliphatic carbocycles. The van der Waals surface area contributed by atoms with E-state index in [2.05, 4.69) is 47.4 Å². The van der Waals surface area contributed by atoms with Gasteiger partial charge >= 0.3 is 0 Å². The number of nitrogens with zero attached hydrogens (tertiary/aromatic N) is 2. The van der Waals surface area contributed by atoms with Gasteiger partial charge in [0.1, 0.15) is 5.75 Å². The molecule has 1 aromatic heterocycles. The van der Waals surface area contributed by atoms with Crippen LogP contribution in [0.25, 0.3) is 0 Å². The van der Waals surface area contributed by atoms with Crippen molar-refractivity contribution in [2.45, 2.75) is 13.8 Å². The second kappa shape index (κ2) is 6.28. The number of methoxy groups -OCH3 is 1. The quantitative estimate of drug-likeness (QED) is 0.756. The zero-order valence-corrected chi connectivity index (χ0v) is 15.0. The summed E-state index contributed by atoms with van der Waals surface area (Å²) in [7, 11) is 1.62. The zero-order chi connectivity index (χ0) is 14.9. The van der Waals surface area contributed by atoms with Crippen LogP contribution >= 0.6 is 43.5 Å². The van der Waals surface area contributed by atoms with Crippen molar-refractivity contribution in [3.05, 3.63) is 37.4 Å². The Kier molecular flexibility index (Phi) is 4.88. The van der Waals surface area contributed by atoms with Crippen LogP contribution in [0.2, 0.25) is 5.15 Å². The molecule has 0 aliphatic rings. The molecule has 2 rings (SSSR count). The molecule has 1 aromatic carbocycles. The van der Waals surface area contributed by atoms with E-state index in [9.17, 15) is 0 Å². The molecule has 0 aliphatic heterocycles. The highest BCUT2D eigenvalue weighted by Crippen LogP contribution is 2.36. The predicted octanol–water partition coefficient (Wildman–Crippen LogP) is 5.02. The largest absolute Gasteiger partial charge is 0.495 e. The van der Waals surface area contributed by atoms with Crippen LogP contribution in [-0.4, -0.2) is 17.3 Å². The Hall–Kier alpha value is -0.850. The summed E-state index contributed by atoms with van der Waals surface area (Å²) in [6.07, 6.45) is 0. The first-order valence-corrected chi connectivity index (χ1v) is 7.70. The lowest BCUT2D eigenvalue weighted by molar-refractivity contribution is 0.412. The lowest BCUT2D eigenvalue weighted by Crippen LogP contribution is -2.02. The van der Waals surface area contributed by atoms with Crippen molar-refractivity contribution in [2.24, 2.45) is 0 Å². The molecule has 0 unspecified atom stereocenters. The normalized spacial score (nSPS) is 10.5. The summed E-state index contributed by atoms with van der Waals surface area (Å²) in [5.41, 5.74) is 2.70. The highest BCUT2D eigenvalue weighted by atomic mass is 79.9. The predicted molar refractivity (Wildman–Crippen MR) is 88.2 cm³/mol. The zero-order valence-electron chi connectivity index (χ0n) is 11.1. The molecule has 0 fully saturated rings. The van der Waals surface area contributed by atoms with Gasteiger partial charge in [0.15, 0.2) is 11.0 Å². The third-order valence-electron chi connectivity index (χ3n) is 2.96.